The monoisotopic (exact) mass is 328 g/mol. The fraction of sp³-hybridized carbons (Fsp3) is 0.429. The lowest BCUT2D eigenvalue weighted by molar-refractivity contribution is -0.139. The molecule has 114 valence electrons. The Morgan fingerprint density at radius 3 is 2.81 bits per heavy atom. The number of carbonyl (C=O) groups excluding carboxylic acids is 1. The van der Waals surface area contributed by atoms with Gasteiger partial charge in [0.05, 0.1) is 0 Å². The van der Waals surface area contributed by atoms with Gasteiger partial charge >= 0.3 is 12.0 Å². The van der Waals surface area contributed by atoms with Crippen LogP contribution < -0.4 is 5.32 Å². The molecule has 21 heavy (non-hydrogen) atoms. The summed E-state index contributed by atoms with van der Waals surface area (Å²) in [6.45, 7) is 3.29. The van der Waals surface area contributed by atoms with Gasteiger partial charge in [0, 0.05) is 34.7 Å². The summed E-state index contributed by atoms with van der Waals surface area (Å²) in [7, 11) is 0. The first-order valence-electron chi connectivity index (χ1n) is 6.63. The van der Waals surface area contributed by atoms with Crippen molar-refractivity contribution in [3.05, 3.63) is 34.9 Å². The van der Waals surface area contributed by atoms with E-state index in [1.54, 1.807) is 40.9 Å². The predicted molar refractivity (Wildman–Crippen MR) is 83.9 cm³/mol. The fourth-order valence-corrected chi connectivity index (χ4v) is 3.46. The van der Waals surface area contributed by atoms with Crippen LogP contribution in [-0.2, 0) is 4.79 Å². The van der Waals surface area contributed by atoms with Crippen LogP contribution in [0.5, 0.6) is 0 Å². The van der Waals surface area contributed by atoms with E-state index >= 15 is 0 Å². The van der Waals surface area contributed by atoms with Crippen molar-refractivity contribution < 1.29 is 14.7 Å². The summed E-state index contributed by atoms with van der Waals surface area (Å²) < 4.78 is 0. The number of carboxylic acid groups (broad SMARTS) is 1. The highest BCUT2D eigenvalue weighted by Gasteiger charge is 2.28. The van der Waals surface area contributed by atoms with Crippen molar-refractivity contribution in [3.8, 4) is 0 Å². The molecule has 1 unspecified atom stereocenters. The molecule has 1 fully saturated rings. The van der Waals surface area contributed by atoms with Crippen LogP contribution >= 0.6 is 23.4 Å². The summed E-state index contributed by atoms with van der Waals surface area (Å²) in [4.78, 5) is 25.3. The van der Waals surface area contributed by atoms with Crippen molar-refractivity contribution in [1.82, 2.24) is 10.2 Å². The van der Waals surface area contributed by atoms with Crippen LogP contribution in [0.2, 0.25) is 5.02 Å². The van der Waals surface area contributed by atoms with Gasteiger partial charge in [-0.2, -0.15) is 11.8 Å². The molecule has 2 atom stereocenters. The van der Waals surface area contributed by atoms with Gasteiger partial charge in [0.15, 0.2) is 6.04 Å². The van der Waals surface area contributed by atoms with E-state index in [4.69, 9.17) is 11.6 Å². The van der Waals surface area contributed by atoms with Crippen LogP contribution in [0.4, 0.5) is 4.79 Å². The van der Waals surface area contributed by atoms with Crippen LogP contribution in [0.25, 0.3) is 0 Å². The van der Waals surface area contributed by atoms with E-state index in [1.165, 1.54) is 0 Å². The number of nitrogens with one attached hydrogen (secondary N) is 1. The largest absolute Gasteiger partial charge is 0.479 e. The Morgan fingerprint density at radius 2 is 2.19 bits per heavy atom. The number of hydrogen-bond acceptors (Lipinski definition) is 3. The number of rotatable bonds is 3. The maximum absolute atomic E-state index is 12.2. The SMILES string of the molecule is CC1CN(C(=O)N[C@@H](C(=O)O)c2ccccc2Cl)CCS1. The fourth-order valence-electron chi connectivity index (χ4n) is 2.20. The minimum atomic E-state index is -1.14. The smallest absolute Gasteiger partial charge is 0.331 e. The molecule has 0 radical (unpaired) electrons. The lowest BCUT2D eigenvalue weighted by Crippen LogP contribution is -2.48. The van der Waals surface area contributed by atoms with Gasteiger partial charge in [-0.05, 0) is 6.07 Å². The van der Waals surface area contributed by atoms with Crippen molar-refractivity contribution in [1.29, 1.82) is 0 Å². The van der Waals surface area contributed by atoms with Gasteiger partial charge in [-0.1, -0.05) is 36.7 Å². The second-order valence-corrected chi connectivity index (χ2v) is 6.82. The summed E-state index contributed by atoms with van der Waals surface area (Å²) in [5, 5.41) is 12.6. The van der Waals surface area contributed by atoms with Gasteiger partial charge < -0.3 is 15.3 Å². The lowest BCUT2D eigenvalue weighted by atomic mass is 10.1. The summed E-state index contributed by atoms with van der Waals surface area (Å²) in [6, 6.07) is 5.12. The average molecular weight is 329 g/mol. The van der Waals surface area contributed by atoms with Crippen molar-refractivity contribution >= 4 is 35.4 Å². The van der Waals surface area contributed by atoms with Crippen LogP contribution in [0, 0.1) is 0 Å². The minimum Gasteiger partial charge on any atom is -0.479 e. The molecule has 1 aliphatic rings. The van der Waals surface area contributed by atoms with Gasteiger partial charge in [-0.15, -0.1) is 0 Å². The number of carboxylic acids is 1. The first kappa shape index (κ1) is 16.0. The highest BCUT2D eigenvalue weighted by Crippen LogP contribution is 2.24. The Labute approximate surface area is 132 Å². The topological polar surface area (TPSA) is 69.6 Å². The summed E-state index contributed by atoms with van der Waals surface area (Å²) in [5.41, 5.74) is 0.388. The lowest BCUT2D eigenvalue weighted by Gasteiger charge is -2.31. The van der Waals surface area contributed by atoms with Crippen LogP contribution in [-0.4, -0.2) is 46.1 Å². The summed E-state index contributed by atoms with van der Waals surface area (Å²) >= 11 is 7.83. The predicted octanol–water partition coefficient (Wildman–Crippen LogP) is 2.61. The molecule has 1 saturated heterocycles. The summed E-state index contributed by atoms with van der Waals surface area (Å²) in [6.07, 6.45) is 0. The van der Waals surface area contributed by atoms with E-state index in [1.807, 2.05) is 6.92 Å². The summed E-state index contributed by atoms with van der Waals surface area (Å²) in [5.74, 6) is -0.269. The Kier molecular flexibility index (Phi) is 5.36. The minimum absolute atomic E-state index is 0.327. The van der Waals surface area contributed by atoms with E-state index in [0.717, 1.165) is 5.75 Å². The number of carbonyl (C=O) groups is 2. The molecule has 1 aromatic carbocycles. The third-order valence-corrected chi connectivity index (χ3v) is 4.74. The number of nitrogens with zero attached hydrogens (tertiary/aromatic N) is 1. The molecule has 0 aliphatic carbocycles. The number of thioether (sulfide) groups is 1. The standard InChI is InChI=1S/C14H17ClN2O3S/c1-9-8-17(6-7-21-9)14(20)16-12(13(18)19)10-4-2-3-5-11(10)15/h2-5,9,12H,6-8H2,1H3,(H,16,20)(H,18,19)/t9?,12-/m1/s1. The first-order valence-corrected chi connectivity index (χ1v) is 8.06. The van der Waals surface area contributed by atoms with Crippen molar-refractivity contribution in [2.24, 2.45) is 0 Å². The van der Waals surface area contributed by atoms with E-state index in [0.29, 0.717) is 28.9 Å². The number of halogens is 1. The highest BCUT2D eigenvalue weighted by molar-refractivity contribution is 7.99. The normalized spacial score (nSPS) is 19.9. The number of urea groups is 1. The highest BCUT2D eigenvalue weighted by atomic mass is 35.5. The molecular weight excluding hydrogens is 312 g/mol. The number of hydrogen-bond donors (Lipinski definition) is 2. The van der Waals surface area contributed by atoms with Crippen molar-refractivity contribution in [2.75, 3.05) is 18.8 Å². The van der Waals surface area contributed by atoms with Crippen molar-refractivity contribution in [3.63, 3.8) is 0 Å². The number of amides is 2. The van der Waals surface area contributed by atoms with Crippen molar-refractivity contribution in [2.45, 2.75) is 18.2 Å². The zero-order valence-electron chi connectivity index (χ0n) is 11.6. The third kappa shape index (κ3) is 4.04. The van der Waals surface area contributed by atoms with E-state index in [9.17, 15) is 14.7 Å². The molecular formula is C14H17ClN2O3S. The maximum Gasteiger partial charge on any atom is 0.331 e. The Hall–Kier alpha value is -1.40. The quantitative estimate of drug-likeness (QED) is 0.895. The second-order valence-electron chi connectivity index (χ2n) is 4.87. The van der Waals surface area contributed by atoms with Gasteiger partial charge in [0.2, 0.25) is 0 Å². The molecule has 0 aromatic heterocycles. The van der Waals surface area contributed by atoms with Gasteiger partial charge in [-0.3, -0.25) is 0 Å². The molecule has 5 nitrogen and oxygen atoms in total. The average Bonchev–Trinajstić information content (AvgIpc) is 2.45. The molecule has 0 saturated carbocycles. The molecule has 2 rings (SSSR count). The number of aliphatic carboxylic acids is 1. The Balaban J connectivity index is 2.12. The second kappa shape index (κ2) is 7.04. The molecule has 1 heterocycles. The Morgan fingerprint density at radius 1 is 1.48 bits per heavy atom. The first-order chi connectivity index (χ1) is 9.99. The molecule has 0 bridgehead atoms. The molecule has 2 N–H and O–H groups in total. The molecule has 7 heteroatoms. The van der Waals surface area contributed by atoms with E-state index in [2.05, 4.69) is 5.32 Å². The zero-order valence-corrected chi connectivity index (χ0v) is 13.2. The van der Waals surface area contributed by atoms with Crippen LogP contribution in [0.15, 0.2) is 24.3 Å². The number of benzene rings is 1. The molecule has 1 aliphatic heterocycles. The molecule has 0 spiro atoms. The van der Waals surface area contributed by atoms with Gasteiger partial charge in [0.25, 0.3) is 0 Å². The molecule has 1 aromatic rings. The molecule has 2 amide bonds. The maximum atomic E-state index is 12.2. The van der Waals surface area contributed by atoms with Gasteiger partial charge in [0.1, 0.15) is 0 Å². The van der Waals surface area contributed by atoms with Crippen LogP contribution in [0.3, 0.4) is 0 Å². The van der Waals surface area contributed by atoms with Gasteiger partial charge in [-0.25, -0.2) is 9.59 Å². The van der Waals surface area contributed by atoms with E-state index < -0.39 is 12.0 Å². The van der Waals surface area contributed by atoms with Crippen LogP contribution in [0.1, 0.15) is 18.5 Å². The Bertz CT molecular complexity index is 541. The third-order valence-electron chi connectivity index (χ3n) is 3.26. The van der Waals surface area contributed by atoms with E-state index in [-0.39, 0.29) is 6.03 Å². The zero-order chi connectivity index (χ0) is 15.4.